The smallest absolute Gasteiger partial charge is 0.330 e. The summed E-state index contributed by atoms with van der Waals surface area (Å²) < 4.78 is 11.4. The maximum atomic E-state index is 12.9. The Morgan fingerprint density at radius 2 is 2.07 bits per heavy atom. The largest absolute Gasteiger partial charge is 0.489 e. The Balaban J connectivity index is 1.72. The van der Waals surface area contributed by atoms with Crippen molar-refractivity contribution in [3.63, 3.8) is 0 Å². The molecule has 1 amide bonds. The zero-order valence-corrected chi connectivity index (χ0v) is 16.8. The van der Waals surface area contributed by atoms with E-state index in [0.717, 1.165) is 5.56 Å². The highest BCUT2D eigenvalue weighted by Crippen LogP contribution is 2.51. The molecule has 7 nitrogen and oxygen atoms in total. The van der Waals surface area contributed by atoms with E-state index in [4.69, 9.17) is 9.47 Å². The van der Waals surface area contributed by atoms with Crippen LogP contribution in [-0.2, 0) is 16.1 Å². The fraction of sp³-hybridized carbons (Fsp3) is 0.409. The van der Waals surface area contributed by atoms with Gasteiger partial charge in [-0.3, -0.25) is 9.78 Å². The minimum absolute atomic E-state index is 0.224. The monoisotopic (exact) mass is 398 g/mol. The molecule has 0 spiro atoms. The molecule has 0 radical (unpaired) electrons. The van der Waals surface area contributed by atoms with Crippen LogP contribution in [0.1, 0.15) is 43.1 Å². The van der Waals surface area contributed by atoms with Crippen molar-refractivity contribution in [2.75, 3.05) is 6.61 Å². The molecule has 0 aliphatic heterocycles. The lowest BCUT2D eigenvalue weighted by molar-refractivity contribution is -0.190. The van der Waals surface area contributed by atoms with Crippen molar-refractivity contribution >= 4 is 11.9 Å². The third-order valence-corrected chi connectivity index (χ3v) is 5.68. The molecule has 1 aliphatic rings. The van der Waals surface area contributed by atoms with Gasteiger partial charge in [0, 0.05) is 42.0 Å². The van der Waals surface area contributed by atoms with Crippen LogP contribution in [-0.4, -0.2) is 40.2 Å². The Hall–Kier alpha value is -2.93. The highest BCUT2D eigenvalue weighted by Gasteiger charge is 2.66. The number of benzene rings is 1. The second-order valence-corrected chi connectivity index (χ2v) is 7.71. The topological polar surface area (TPSA) is 97.8 Å². The van der Waals surface area contributed by atoms with Gasteiger partial charge in [0.2, 0.25) is 0 Å². The molecule has 1 fully saturated rings. The van der Waals surface area contributed by atoms with Crippen molar-refractivity contribution in [3.05, 3.63) is 59.9 Å². The summed E-state index contributed by atoms with van der Waals surface area (Å²) >= 11 is 0. The molecule has 2 N–H and O–H groups in total. The summed E-state index contributed by atoms with van der Waals surface area (Å²) in [4.78, 5) is 29.0. The van der Waals surface area contributed by atoms with Gasteiger partial charge in [0.05, 0.1) is 6.10 Å². The normalized spacial score (nSPS) is 22.4. The first-order valence-electron chi connectivity index (χ1n) is 9.59. The molecular weight excluding hydrogens is 372 g/mol. The van der Waals surface area contributed by atoms with Crippen molar-refractivity contribution in [1.29, 1.82) is 0 Å². The molecule has 1 aliphatic carbocycles. The molecule has 7 heteroatoms. The van der Waals surface area contributed by atoms with Crippen molar-refractivity contribution in [2.45, 2.75) is 45.4 Å². The molecule has 2 atom stereocenters. The predicted molar refractivity (Wildman–Crippen MR) is 107 cm³/mol. The second-order valence-electron chi connectivity index (χ2n) is 7.71. The van der Waals surface area contributed by atoms with Crippen LogP contribution in [0.15, 0.2) is 48.8 Å². The van der Waals surface area contributed by atoms with Gasteiger partial charge in [-0.2, -0.15) is 0 Å². The molecule has 2 unspecified atom stereocenters. The molecule has 1 heterocycles. The lowest BCUT2D eigenvalue weighted by atomic mass is 9.54. The van der Waals surface area contributed by atoms with Gasteiger partial charge in [0.25, 0.3) is 5.91 Å². The van der Waals surface area contributed by atoms with E-state index in [1.165, 1.54) is 0 Å². The van der Waals surface area contributed by atoms with Gasteiger partial charge in [-0.25, -0.2) is 4.79 Å². The number of ether oxygens (including phenoxy) is 2. The predicted octanol–water partition coefficient (Wildman–Crippen LogP) is 3.05. The third-order valence-electron chi connectivity index (χ3n) is 5.68. The lowest BCUT2D eigenvalue weighted by Gasteiger charge is -2.58. The summed E-state index contributed by atoms with van der Waals surface area (Å²) in [5, 5.41) is 12.6. The number of hydrogen-bond acceptors (Lipinski definition) is 5. The Labute approximate surface area is 170 Å². The first kappa shape index (κ1) is 20.8. The van der Waals surface area contributed by atoms with Crippen LogP contribution in [0.4, 0.5) is 0 Å². The number of carboxylic acid groups (broad SMARTS) is 1. The van der Waals surface area contributed by atoms with E-state index < -0.39 is 22.8 Å². The van der Waals surface area contributed by atoms with Crippen LogP contribution in [0, 0.1) is 5.41 Å². The van der Waals surface area contributed by atoms with Gasteiger partial charge >= 0.3 is 5.97 Å². The summed E-state index contributed by atoms with van der Waals surface area (Å²) in [5.74, 6) is -0.996. The zero-order valence-electron chi connectivity index (χ0n) is 16.8. The number of hydrogen-bond donors (Lipinski definition) is 2. The maximum absolute atomic E-state index is 12.9. The van der Waals surface area contributed by atoms with Gasteiger partial charge in [-0.1, -0.05) is 26.0 Å². The molecule has 154 valence electrons. The Morgan fingerprint density at radius 3 is 2.69 bits per heavy atom. The Bertz CT molecular complexity index is 884. The van der Waals surface area contributed by atoms with E-state index in [1.54, 1.807) is 50.5 Å². The van der Waals surface area contributed by atoms with E-state index in [1.807, 2.05) is 19.1 Å². The number of aromatic nitrogens is 1. The summed E-state index contributed by atoms with van der Waals surface area (Å²) in [5.41, 5.74) is -0.870. The summed E-state index contributed by atoms with van der Waals surface area (Å²) in [7, 11) is 0. The molecule has 2 aromatic rings. The quantitative estimate of drug-likeness (QED) is 0.709. The van der Waals surface area contributed by atoms with E-state index >= 15 is 0 Å². The van der Waals surface area contributed by atoms with Crippen molar-refractivity contribution in [3.8, 4) is 5.75 Å². The standard InChI is InChI=1S/C22H26N2O5/c1-4-28-18-12-22(20(26)27,21(18,2)3)24-19(25)16-8-5-9-17(11-16)29-14-15-7-6-10-23-13-15/h5-11,13,18H,4,12,14H2,1-3H3,(H,24,25)(H,26,27). The highest BCUT2D eigenvalue weighted by atomic mass is 16.5. The molecule has 0 saturated heterocycles. The zero-order chi connectivity index (χ0) is 21.1. The van der Waals surface area contributed by atoms with Gasteiger partial charge < -0.3 is 19.9 Å². The van der Waals surface area contributed by atoms with Gasteiger partial charge in [0.1, 0.15) is 17.9 Å². The molecule has 1 aromatic heterocycles. The SMILES string of the molecule is CCOC1CC(NC(=O)c2cccc(OCc3cccnc3)c2)(C(=O)O)C1(C)C. The fourth-order valence-electron chi connectivity index (χ4n) is 3.68. The van der Waals surface area contributed by atoms with Crippen molar-refractivity contribution < 1.29 is 24.2 Å². The first-order chi connectivity index (χ1) is 13.8. The number of amides is 1. The van der Waals surface area contributed by atoms with E-state index in [2.05, 4.69) is 10.3 Å². The maximum Gasteiger partial charge on any atom is 0.330 e. The molecule has 0 bridgehead atoms. The van der Waals surface area contributed by atoms with Gasteiger partial charge in [-0.15, -0.1) is 0 Å². The lowest BCUT2D eigenvalue weighted by Crippen LogP contribution is -2.76. The first-order valence-corrected chi connectivity index (χ1v) is 9.59. The number of rotatable bonds is 8. The van der Waals surface area contributed by atoms with Crippen LogP contribution in [0.2, 0.25) is 0 Å². The highest BCUT2D eigenvalue weighted by molar-refractivity contribution is 5.99. The van der Waals surface area contributed by atoms with Crippen LogP contribution < -0.4 is 10.1 Å². The molecule has 1 saturated carbocycles. The summed E-state index contributed by atoms with van der Waals surface area (Å²) in [6.45, 7) is 6.29. The number of nitrogens with zero attached hydrogens (tertiary/aromatic N) is 1. The van der Waals surface area contributed by atoms with Crippen molar-refractivity contribution in [1.82, 2.24) is 10.3 Å². The van der Waals surface area contributed by atoms with E-state index in [0.29, 0.717) is 24.5 Å². The minimum Gasteiger partial charge on any atom is -0.489 e. The molecule has 1 aromatic carbocycles. The number of aliphatic carboxylic acids is 1. The summed E-state index contributed by atoms with van der Waals surface area (Å²) in [6.07, 6.45) is 3.40. The average molecular weight is 398 g/mol. The van der Waals surface area contributed by atoms with Gasteiger partial charge in [-0.05, 0) is 31.2 Å². The molecule has 29 heavy (non-hydrogen) atoms. The van der Waals surface area contributed by atoms with Crippen LogP contribution in [0.25, 0.3) is 0 Å². The number of nitrogens with one attached hydrogen (secondary N) is 1. The molecular formula is C22H26N2O5. The number of carbonyl (C=O) groups excluding carboxylic acids is 1. The average Bonchev–Trinajstić information content (AvgIpc) is 2.72. The van der Waals surface area contributed by atoms with Gasteiger partial charge in [0.15, 0.2) is 0 Å². The summed E-state index contributed by atoms with van der Waals surface area (Å²) in [6, 6.07) is 10.4. The third kappa shape index (κ3) is 3.96. The van der Waals surface area contributed by atoms with E-state index in [9.17, 15) is 14.7 Å². The van der Waals surface area contributed by atoms with E-state index in [-0.39, 0.29) is 12.5 Å². The Morgan fingerprint density at radius 1 is 1.28 bits per heavy atom. The number of carboxylic acids is 1. The van der Waals surface area contributed by atoms with Crippen LogP contribution >= 0.6 is 0 Å². The Kier molecular flexibility index (Phi) is 5.88. The second kappa shape index (κ2) is 8.21. The minimum atomic E-state index is -1.38. The number of pyridine rings is 1. The fourth-order valence-corrected chi connectivity index (χ4v) is 3.68. The van der Waals surface area contributed by atoms with Crippen LogP contribution in [0.5, 0.6) is 5.75 Å². The molecule has 3 rings (SSSR count). The number of carbonyl (C=O) groups is 2. The van der Waals surface area contributed by atoms with Crippen molar-refractivity contribution in [2.24, 2.45) is 5.41 Å². The van der Waals surface area contributed by atoms with Crippen LogP contribution in [0.3, 0.4) is 0 Å².